The molecular formula is C17H25N5O2. The first-order valence-electron chi connectivity index (χ1n) is 8.49. The molecule has 3 rings (SSSR count). The van der Waals surface area contributed by atoms with E-state index in [4.69, 9.17) is 0 Å². The van der Waals surface area contributed by atoms with Crippen molar-refractivity contribution in [3.63, 3.8) is 0 Å². The minimum absolute atomic E-state index is 0.0338. The second-order valence-electron chi connectivity index (χ2n) is 6.63. The van der Waals surface area contributed by atoms with E-state index in [0.717, 1.165) is 30.2 Å². The lowest BCUT2D eigenvalue weighted by Crippen LogP contribution is -2.32. The van der Waals surface area contributed by atoms with E-state index in [2.05, 4.69) is 20.5 Å². The standard InChI is InChI=1S/C17H25N5O2/c1-4-15-19-16(21-20-15)11-7-12(14(23)8-11)9-18-17(24)13-5-6-22(3)10(13)2/h5-6,11-12,14,23H,4,7-9H2,1-3H3,(H,18,24)(H,19,20,21)/t11-,12+,14+/m0/s1. The fraction of sp³-hybridized carbons (Fsp3) is 0.588. The molecule has 1 saturated carbocycles. The number of amides is 1. The molecule has 130 valence electrons. The molecule has 0 aromatic carbocycles. The molecule has 2 heterocycles. The van der Waals surface area contributed by atoms with Crippen LogP contribution in [0.3, 0.4) is 0 Å². The summed E-state index contributed by atoms with van der Waals surface area (Å²) in [6.07, 6.45) is 3.69. The Hall–Kier alpha value is -2.15. The van der Waals surface area contributed by atoms with Crippen LogP contribution in [0.2, 0.25) is 0 Å². The molecule has 0 spiro atoms. The van der Waals surface area contributed by atoms with Crippen LogP contribution in [0.15, 0.2) is 12.3 Å². The molecule has 1 fully saturated rings. The van der Waals surface area contributed by atoms with Crippen LogP contribution in [-0.2, 0) is 13.5 Å². The number of hydrogen-bond donors (Lipinski definition) is 3. The van der Waals surface area contributed by atoms with Crippen LogP contribution < -0.4 is 5.32 Å². The van der Waals surface area contributed by atoms with Crippen LogP contribution >= 0.6 is 0 Å². The Balaban J connectivity index is 1.58. The Kier molecular flexibility index (Phi) is 4.71. The number of aryl methyl sites for hydroxylation is 2. The Morgan fingerprint density at radius 3 is 2.92 bits per heavy atom. The second-order valence-corrected chi connectivity index (χ2v) is 6.63. The molecule has 1 amide bonds. The van der Waals surface area contributed by atoms with E-state index in [1.54, 1.807) is 0 Å². The lowest BCUT2D eigenvalue weighted by Gasteiger charge is -2.15. The molecule has 0 saturated heterocycles. The third-order valence-corrected chi connectivity index (χ3v) is 5.06. The lowest BCUT2D eigenvalue weighted by molar-refractivity contribution is 0.0916. The molecule has 7 heteroatoms. The summed E-state index contributed by atoms with van der Waals surface area (Å²) >= 11 is 0. The van der Waals surface area contributed by atoms with Gasteiger partial charge in [0, 0.05) is 43.7 Å². The fourth-order valence-electron chi connectivity index (χ4n) is 3.35. The van der Waals surface area contributed by atoms with E-state index in [1.807, 2.05) is 37.7 Å². The van der Waals surface area contributed by atoms with Crippen molar-refractivity contribution in [1.82, 2.24) is 25.1 Å². The molecule has 7 nitrogen and oxygen atoms in total. The van der Waals surface area contributed by atoms with Gasteiger partial charge in [-0.2, -0.15) is 5.10 Å². The van der Waals surface area contributed by atoms with Gasteiger partial charge in [-0.25, -0.2) is 4.98 Å². The van der Waals surface area contributed by atoms with Crippen molar-refractivity contribution in [2.45, 2.75) is 45.1 Å². The summed E-state index contributed by atoms with van der Waals surface area (Å²) in [5, 5.41) is 20.4. The summed E-state index contributed by atoms with van der Waals surface area (Å²) in [6, 6.07) is 1.82. The monoisotopic (exact) mass is 331 g/mol. The average Bonchev–Trinajstić information content (AvgIpc) is 3.26. The molecule has 1 aliphatic carbocycles. The minimum atomic E-state index is -0.434. The molecule has 3 N–H and O–H groups in total. The van der Waals surface area contributed by atoms with Crippen LogP contribution in [0.1, 0.15) is 53.4 Å². The predicted molar refractivity (Wildman–Crippen MR) is 89.7 cm³/mol. The van der Waals surface area contributed by atoms with Crippen LogP contribution in [-0.4, -0.2) is 43.4 Å². The molecule has 3 atom stereocenters. The van der Waals surface area contributed by atoms with Gasteiger partial charge in [-0.3, -0.25) is 9.89 Å². The molecule has 24 heavy (non-hydrogen) atoms. The Morgan fingerprint density at radius 2 is 2.29 bits per heavy atom. The number of hydrogen-bond acceptors (Lipinski definition) is 4. The molecule has 0 unspecified atom stereocenters. The van der Waals surface area contributed by atoms with Gasteiger partial charge >= 0.3 is 0 Å². The third kappa shape index (κ3) is 3.21. The van der Waals surface area contributed by atoms with Gasteiger partial charge in [0.2, 0.25) is 0 Å². The summed E-state index contributed by atoms with van der Waals surface area (Å²) in [5.41, 5.74) is 1.62. The van der Waals surface area contributed by atoms with Gasteiger partial charge in [0.25, 0.3) is 5.91 Å². The fourth-order valence-corrected chi connectivity index (χ4v) is 3.35. The smallest absolute Gasteiger partial charge is 0.253 e. The molecule has 2 aromatic rings. The van der Waals surface area contributed by atoms with Crippen molar-refractivity contribution in [1.29, 1.82) is 0 Å². The van der Waals surface area contributed by atoms with Gasteiger partial charge in [-0.1, -0.05) is 6.92 Å². The SMILES string of the molecule is CCc1nc([C@H]2C[C@H](CNC(=O)c3ccn(C)c3C)[C@H](O)C2)n[nH]1. The summed E-state index contributed by atoms with van der Waals surface area (Å²) in [4.78, 5) is 16.8. The first-order valence-corrected chi connectivity index (χ1v) is 8.49. The first-order chi connectivity index (χ1) is 11.5. The third-order valence-electron chi connectivity index (χ3n) is 5.06. The number of aliphatic hydroxyl groups excluding tert-OH is 1. The molecule has 0 bridgehead atoms. The Morgan fingerprint density at radius 1 is 1.50 bits per heavy atom. The highest BCUT2D eigenvalue weighted by molar-refractivity contribution is 5.95. The number of aromatic nitrogens is 4. The van der Waals surface area contributed by atoms with Gasteiger partial charge < -0.3 is 15.0 Å². The Bertz CT molecular complexity index is 720. The second kappa shape index (κ2) is 6.76. The first kappa shape index (κ1) is 16.7. The molecule has 0 aliphatic heterocycles. The number of nitrogens with zero attached hydrogens (tertiary/aromatic N) is 3. The summed E-state index contributed by atoms with van der Waals surface area (Å²) in [5.74, 6) is 1.74. The van der Waals surface area contributed by atoms with Crippen molar-refractivity contribution < 1.29 is 9.90 Å². The number of nitrogens with one attached hydrogen (secondary N) is 2. The van der Waals surface area contributed by atoms with E-state index in [9.17, 15) is 9.90 Å². The van der Waals surface area contributed by atoms with Crippen LogP contribution in [0.5, 0.6) is 0 Å². The number of rotatable bonds is 5. The molecule has 1 aliphatic rings. The minimum Gasteiger partial charge on any atom is -0.393 e. The molecule has 2 aromatic heterocycles. The predicted octanol–water partition coefficient (Wildman–Crippen LogP) is 1.30. The molecular weight excluding hydrogens is 306 g/mol. The van der Waals surface area contributed by atoms with E-state index in [1.165, 1.54) is 0 Å². The average molecular weight is 331 g/mol. The number of aliphatic hydroxyl groups is 1. The maximum Gasteiger partial charge on any atom is 0.253 e. The maximum atomic E-state index is 12.3. The van der Waals surface area contributed by atoms with Crippen molar-refractivity contribution >= 4 is 5.91 Å². The zero-order valence-electron chi connectivity index (χ0n) is 14.4. The van der Waals surface area contributed by atoms with Crippen LogP contribution in [0.25, 0.3) is 0 Å². The van der Waals surface area contributed by atoms with Crippen LogP contribution in [0, 0.1) is 12.8 Å². The zero-order chi connectivity index (χ0) is 17.3. The van der Waals surface area contributed by atoms with Gasteiger partial charge in [0.15, 0.2) is 5.82 Å². The van der Waals surface area contributed by atoms with Crippen molar-refractivity contribution in [2.24, 2.45) is 13.0 Å². The lowest BCUT2D eigenvalue weighted by atomic mass is 10.0. The number of carbonyl (C=O) groups is 1. The zero-order valence-corrected chi connectivity index (χ0v) is 14.4. The highest BCUT2D eigenvalue weighted by Crippen LogP contribution is 2.36. The van der Waals surface area contributed by atoms with E-state index in [0.29, 0.717) is 18.5 Å². The van der Waals surface area contributed by atoms with E-state index in [-0.39, 0.29) is 17.7 Å². The number of aromatic amines is 1. The van der Waals surface area contributed by atoms with Crippen molar-refractivity contribution in [3.8, 4) is 0 Å². The topological polar surface area (TPSA) is 95.8 Å². The van der Waals surface area contributed by atoms with E-state index >= 15 is 0 Å². The number of H-pyrrole nitrogens is 1. The summed E-state index contributed by atoms with van der Waals surface area (Å²) < 4.78 is 1.92. The van der Waals surface area contributed by atoms with Gasteiger partial charge in [-0.05, 0) is 25.8 Å². The summed E-state index contributed by atoms with van der Waals surface area (Å²) in [7, 11) is 1.92. The van der Waals surface area contributed by atoms with Gasteiger partial charge in [-0.15, -0.1) is 0 Å². The quantitative estimate of drug-likeness (QED) is 0.769. The number of carbonyl (C=O) groups excluding carboxylic acids is 1. The van der Waals surface area contributed by atoms with Gasteiger partial charge in [0.05, 0.1) is 11.7 Å². The normalized spacial score (nSPS) is 23.6. The Labute approximate surface area is 141 Å². The maximum absolute atomic E-state index is 12.3. The largest absolute Gasteiger partial charge is 0.393 e. The highest BCUT2D eigenvalue weighted by atomic mass is 16.3. The van der Waals surface area contributed by atoms with Crippen molar-refractivity contribution in [2.75, 3.05) is 6.54 Å². The van der Waals surface area contributed by atoms with Crippen molar-refractivity contribution in [3.05, 3.63) is 35.2 Å². The highest BCUT2D eigenvalue weighted by Gasteiger charge is 2.36. The molecule has 0 radical (unpaired) electrons. The van der Waals surface area contributed by atoms with E-state index < -0.39 is 6.10 Å². The summed E-state index contributed by atoms with van der Waals surface area (Å²) in [6.45, 7) is 4.41. The van der Waals surface area contributed by atoms with Gasteiger partial charge in [0.1, 0.15) is 5.82 Å². The van der Waals surface area contributed by atoms with Crippen LogP contribution in [0.4, 0.5) is 0 Å².